The molecule has 0 bridgehead atoms. The maximum Gasteiger partial charge on any atom is 0.147 e. The second-order valence-electron chi connectivity index (χ2n) is 8.61. The molecule has 0 atom stereocenters. The predicted octanol–water partition coefficient (Wildman–Crippen LogP) is 3.65. The van der Waals surface area contributed by atoms with Gasteiger partial charge in [0.05, 0.1) is 13.1 Å². The topological polar surface area (TPSA) is 47.1 Å². The van der Waals surface area contributed by atoms with Crippen LogP contribution in [0.3, 0.4) is 0 Å². The largest absolute Gasteiger partial charge is 0.301 e. The standard InChI is InChI=1S/C22H40Br2N4O2.2BrH/c23-7-5-21(29)19-27-15-11-25(12-16-27)9-3-1-2-4-10-26-13-17-28(18-14-26)20-22(30)6-8-24;;/h1-20H2;2*1H. The third kappa shape index (κ3) is 14.5. The maximum atomic E-state index is 11.8. The number of nitrogens with zero attached hydrogens (tertiary/aromatic N) is 4. The van der Waals surface area contributed by atoms with Crippen molar-refractivity contribution in [2.24, 2.45) is 0 Å². The summed E-state index contributed by atoms with van der Waals surface area (Å²) in [6.45, 7) is 12.2. The number of alkyl halides is 2. The van der Waals surface area contributed by atoms with Gasteiger partial charge < -0.3 is 9.80 Å². The van der Waals surface area contributed by atoms with Crippen molar-refractivity contribution in [3.63, 3.8) is 0 Å². The molecule has 0 N–H and O–H groups in total. The van der Waals surface area contributed by atoms with Gasteiger partial charge in [-0.15, -0.1) is 34.0 Å². The third-order valence-electron chi connectivity index (χ3n) is 6.18. The zero-order chi connectivity index (χ0) is 21.6. The molecule has 0 aromatic carbocycles. The van der Waals surface area contributed by atoms with E-state index in [-0.39, 0.29) is 34.0 Å². The van der Waals surface area contributed by atoms with Crippen LogP contribution >= 0.6 is 65.8 Å². The zero-order valence-corrected chi connectivity index (χ0v) is 25.9. The van der Waals surface area contributed by atoms with Crippen molar-refractivity contribution >= 4 is 77.4 Å². The van der Waals surface area contributed by atoms with Crippen molar-refractivity contribution in [2.75, 3.05) is 89.2 Å². The van der Waals surface area contributed by atoms with E-state index in [1.54, 1.807) is 0 Å². The molecule has 0 spiro atoms. The van der Waals surface area contributed by atoms with Gasteiger partial charge in [-0.05, 0) is 25.9 Å². The van der Waals surface area contributed by atoms with Crippen LogP contribution in [0.4, 0.5) is 0 Å². The fraction of sp³-hybridized carbons (Fsp3) is 0.909. The molecule has 2 rings (SSSR count). The van der Waals surface area contributed by atoms with Gasteiger partial charge in [-0.1, -0.05) is 44.7 Å². The minimum Gasteiger partial charge on any atom is -0.301 e. The lowest BCUT2D eigenvalue weighted by Gasteiger charge is -2.34. The molecule has 2 heterocycles. The lowest BCUT2D eigenvalue weighted by molar-refractivity contribution is -0.121. The van der Waals surface area contributed by atoms with Gasteiger partial charge in [0.2, 0.25) is 0 Å². The summed E-state index contributed by atoms with van der Waals surface area (Å²) in [6.07, 6.45) is 6.48. The molecule has 0 radical (unpaired) electrons. The molecular weight excluding hydrogens is 672 g/mol. The molecule has 0 saturated carbocycles. The average molecular weight is 714 g/mol. The minimum atomic E-state index is 0. The summed E-state index contributed by atoms with van der Waals surface area (Å²) in [5.41, 5.74) is 0. The zero-order valence-electron chi connectivity index (χ0n) is 19.3. The summed E-state index contributed by atoms with van der Waals surface area (Å²) in [7, 11) is 0. The molecule has 2 aliphatic rings. The molecule has 2 aliphatic heterocycles. The third-order valence-corrected chi connectivity index (χ3v) is 6.97. The quantitative estimate of drug-likeness (QED) is 0.191. The van der Waals surface area contributed by atoms with Crippen LogP contribution in [0.2, 0.25) is 0 Å². The highest BCUT2D eigenvalue weighted by Crippen LogP contribution is 2.09. The number of ketones is 2. The molecule has 32 heavy (non-hydrogen) atoms. The molecule has 2 saturated heterocycles. The number of rotatable bonds is 15. The van der Waals surface area contributed by atoms with E-state index in [1.165, 1.54) is 38.8 Å². The molecule has 0 aliphatic carbocycles. The van der Waals surface area contributed by atoms with E-state index in [0.717, 1.165) is 63.0 Å². The number of Topliss-reactive ketones (excluding diaryl/α,β-unsaturated/α-hetero) is 2. The van der Waals surface area contributed by atoms with Crippen LogP contribution in [-0.4, -0.2) is 120 Å². The van der Waals surface area contributed by atoms with Crippen molar-refractivity contribution < 1.29 is 9.59 Å². The molecule has 6 nitrogen and oxygen atoms in total. The van der Waals surface area contributed by atoms with E-state index in [2.05, 4.69) is 51.5 Å². The lowest BCUT2D eigenvalue weighted by Crippen LogP contribution is -2.48. The maximum absolute atomic E-state index is 11.8. The molecule has 0 amide bonds. The Morgan fingerprint density at radius 2 is 0.844 bits per heavy atom. The van der Waals surface area contributed by atoms with Crippen LogP contribution in [0.1, 0.15) is 38.5 Å². The molecular formula is C22H42Br4N4O2. The van der Waals surface area contributed by atoms with Crippen molar-refractivity contribution in [2.45, 2.75) is 38.5 Å². The van der Waals surface area contributed by atoms with E-state index in [9.17, 15) is 9.59 Å². The Hall–Kier alpha value is 1.10. The summed E-state index contributed by atoms with van der Waals surface area (Å²) < 4.78 is 0. The van der Waals surface area contributed by atoms with E-state index >= 15 is 0 Å². The van der Waals surface area contributed by atoms with Crippen LogP contribution < -0.4 is 0 Å². The summed E-state index contributed by atoms with van der Waals surface area (Å²) in [5.74, 6) is 0.703. The first-order chi connectivity index (χ1) is 14.6. The van der Waals surface area contributed by atoms with Crippen LogP contribution in [0.5, 0.6) is 0 Å². The molecule has 2 fully saturated rings. The molecule has 0 unspecified atom stereocenters. The first-order valence-electron chi connectivity index (χ1n) is 11.7. The van der Waals surface area contributed by atoms with Crippen LogP contribution in [-0.2, 0) is 9.59 Å². The van der Waals surface area contributed by atoms with Gasteiger partial charge in [0, 0.05) is 75.9 Å². The molecule has 0 aromatic heterocycles. The minimum absolute atomic E-state index is 0. The van der Waals surface area contributed by atoms with E-state index in [1.807, 2.05) is 0 Å². The van der Waals surface area contributed by atoms with Gasteiger partial charge in [-0.3, -0.25) is 19.4 Å². The van der Waals surface area contributed by atoms with Gasteiger partial charge in [0.15, 0.2) is 0 Å². The first-order valence-corrected chi connectivity index (χ1v) is 13.9. The second kappa shape index (κ2) is 20.3. The Bertz CT molecular complexity index is 456. The van der Waals surface area contributed by atoms with E-state index in [4.69, 9.17) is 0 Å². The molecule has 190 valence electrons. The van der Waals surface area contributed by atoms with Crippen molar-refractivity contribution in [3.05, 3.63) is 0 Å². The molecule has 10 heteroatoms. The number of hydrogen-bond acceptors (Lipinski definition) is 6. The Morgan fingerprint density at radius 3 is 1.16 bits per heavy atom. The fourth-order valence-electron chi connectivity index (χ4n) is 4.23. The fourth-order valence-corrected chi connectivity index (χ4v) is 5.12. The summed E-state index contributed by atoms with van der Waals surface area (Å²) in [4.78, 5) is 33.2. The summed E-state index contributed by atoms with van der Waals surface area (Å²) in [6, 6.07) is 0. The van der Waals surface area contributed by atoms with Crippen molar-refractivity contribution in [3.8, 4) is 0 Å². The first kappa shape index (κ1) is 33.1. The predicted molar refractivity (Wildman–Crippen MR) is 152 cm³/mol. The summed E-state index contributed by atoms with van der Waals surface area (Å²) >= 11 is 6.69. The van der Waals surface area contributed by atoms with Crippen molar-refractivity contribution in [1.82, 2.24) is 19.6 Å². The van der Waals surface area contributed by atoms with E-state index < -0.39 is 0 Å². The number of unbranched alkanes of at least 4 members (excludes halogenated alkanes) is 3. The van der Waals surface area contributed by atoms with Gasteiger partial charge in [-0.25, -0.2) is 0 Å². The lowest BCUT2D eigenvalue weighted by atomic mass is 10.1. The highest BCUT2D eigenvalue weighted by molar-refractivity contribution is 9.09. The summed E-state index contributed by atoms with van der Waals surface area (Å²) in [5, 5.41) is 1.56. The smallest absolute Gasteiger partial charge is 0.147 e. The number of hydrogen-bond donors (Lipinski definition) is 0. The number of carbonyl (C=O) groups excluding carboxylic acids is 2. The second-order valence-corrected chi connectivity index (χ2v) is 10.2. The van der Waals surface area contributed by atoms with Crippen LogP contribution in [0, 0.1) is 0 Å². The Labute approximate surface area is 233 Å². The number of carbonyl (C=O) groups is 2. The van der Waals surface area contributed by atoms with Gasteiger partial charge in [0.25, 0.3) is 0 Å². The van der Waals surface area contributed by atoms with Crippen molar-refractivity contribution in [1.29, 1.82) is 0 Å². The normalized spacial score (nSPS) is 18.7. The average Bonchev–Trinajstić information content (AvgIpc) is 2.73. The highest BCUT2D eigenvalue weighted by atomic mass is 79.9. The van der Waals surface area contributed by atoms with Crippen LogP contribution in [0.25, 0.3) is 0 Å². The SMILES string of the molecule is Br.Br.O=C(CCBr)CN1CCN(CCCCCCN2CCN(CC(=O)CCBr)CC2)CC1. The van der Waals surface area contributed by atoms with Gasteiger partial charge in [-0.2, -0.15) is 0 Å². The Morgan fingerprint density at radius 1 is 0.531 bits per heavy atom. The highest BCUT2D eigenvalue weighted by Gasteiger charge is 2.19. The number of halogens is 4. The van der Waals surface area contributed by atoms with Crippen LogP contribution in [0.15, 0.2) is 0 Å². The Kier molecular flexibility index (Phi) is 21.0. The van der Waals surface area contributed by atoms with Gasteiger partial charge in [0.1, 0.15) is 11.6 Å². The van der Waals surface area contributed by atoms with Gasteiger partial charge >= 0.3 is 0 Å². The molecule has 0 aromatic rings. The Balaban J connectivity index is 0.00000480. The number of piperazine rings is 2. The van der Waals surface area contributed by atoms with E-state index in [0.29, 0.717) is 37.5 Å². The monoisotopic (exact) mass is 710 g/mol.